The van der Waals surface area contributed by atoms with Gasteiger partial charge in [0.15, 0.2) is 5.94 Å². The second-order valence-electron chi connectivity index (χ2n) is 5.14. The Kier molecular flexibility index (Phi) is 4.02. The van der Waals surface area contributed by atoms with Crippen molar-refractivity contribution in [2.24, 2.45) is 0 Å². The summed E-state index contributed by atoms with van der Waals surface area (Å²) in [6, 6.07) is 9.71. The third kappa shape index (κ3) is 2.54. The topological polar surface area (TPSA) is 80.4 Å². The number of ether oxygens (including phenoxy) is 1. The minimum absolute atomic E-state index is 0.0972. The van der Waals surface area contributed by atoms with Gasteiger partial charge in [-0.25, -0.2) is 10.3 Å². The molecule has 3 rings (SSSR count). The van der Waals surface area contributed by atoms with E-state index < -0.39 is 12.0 Å². The first-order valence-corrected chi connectivity index (χ1v) is 7.27. The molecule has 0 fully saturated rings. The number of amides is 1. The molecule has 6 nitrogen and oxygen atoms in total. The van der Waals surface area contributed by atoms with E-state index in [0.717, 1.165) is 16.6 Å². The zero-order valence-corrected chi connectivity index (χ0v) is 12.8. The van der Waals surface area contributed by atoms with Gasteiger partial charge in [0.05, 0.1) is 7.11 Å². The molecule has 2 N–H and O–H groups in total. The maximum atomic E-state index is 12.3. The minimum Gasteiger partial charge on any atom is -0.474 e. The number of aromatic nitrogens is 1. The Morgan fingerprint density at radius 2 is 2.22 bits per heavy atom. The number of aromatic amines is 1. The first kappa shape index (κ1) is 15.1. The average Bonchev–Trinajstić information content (AvgIpc) is 3.15. The second kappa shape index (κ2) is 6.12. The van der Waals surface area contributed by atoms with Crippen LogP contribution in [0.25, 0.3) is 16.5 Å². The van der Waals surface area contributed by atoms with Gasteiger partial charge in [0.1, 0.15) is 11.7 Å². The SMILES string of the molecule is CCC1OC(=C=O)C(C(=O)NOC)=C1c1cc2ccccc2[nH]1. The predicted octanol–water partition coefficient (Wildman–Crippen LogP) is 2.12. The van der Waals surface area contributed by atoms with Crippen LogP contribution in [0, 0.1) is 0 Å². The first-order valence-electron chi connectivity index (χ1n) is 7.27. The molecule has 1 aliphatic heterocycles. The van der Waals surface area contributed by atoms with Gasteiger partial charge in [-0.05, 0) is 23.9 Å². The van der Waals surface area contributed by atoms with Crippen molar-refractivity contribution in [1.29, 1.82) is 0 Å². The summed E-state index contributed by atoms with van der Waals surface area (Å²) in [6.07, 6.45) is 0.219. The normalized spacial score (nSPS) is 17.3. The number of benzene rings is 1. The molecule has 6 heteroatoms. The largest absolute Gasteiger partial charge is 0.474 e. The van der Waals surface area contributed by atoms with Crippen LogP contribution in [0.2, 0.25) is 0 Å². The van der Waals surface area contributed by atoms with E-state index in [2.05, 4.69) is 15.3 Å². The van der Waals surface area contributed by atoms with E-state index in [1.54, 1.807) is 5.94 Å². The van der Waals surface area contributed by atoms with Crippen molar-refractivity contribution >= 4 is 28.3 Å². The molecule has 118 valence electrons. The van der Waals surface area contributed by atoms with Gasteiger partial charge >= 0.3 is 0 Å². The molecular formula is C17H16N2O4. The Hall–Kier alpha value is -2.82. The Bertz CT molecular complexity index is 810. The Morgan fingerprint density at radius 1 is 1.43 bits per heavy atom. The van der Waals surface area contributed by atoms with Gasteiger partial charge in [0.25, 0.3) is 5.91 Å². The van der Waals surface area contributed by atoms with Crippen molar-refractivity contribution in [3.8, 4) is 0 Å². The van der Waals surface area contributed by atoms with Crippen molar-refractivity contribution in [2.75, 3.05) is 7.11 Å². The average molecular weight is 312 g/mol. The van der Waals surface area contributed by atoms with E-state index in [1.807, 2.05) is 37.3 Å². The lowest BCUT2D eigenvalue weighted by atomic mass is 9.99. The fourth-order valence-electron chi connectivity index (χ4n) is 2.80. The molecule has 1 atom stereocenters. The van der Waals surface area contributed by atoms with E-state index in [1.165, 1.54) is 7.11 Å². The lowest BCUT2D eigenvalue weighted by molar-refractivity contribution is -0.127. The van der Waals surface area contributed by atoms with Crippen LogP contribution in [0.1, 0.15) is 19.0 Å². The highest BCUT2D eigenvalue weighted by Gasteiger charge is 2.36. The molecule has 0 spiro atoms. The van der Waals surface area contributed by atoms with E-state index in [9.17, 15) is 9.59 Å². The lowest BCUT2D eigenvalue weighted by Gasteiger charge is -2.11. The van der Waals surface area contributed by atoms with E-state index in [4.69, 9.17) is 4.74 Å². The number of carbonyl (C=O) groups excluding carboxylic acids is 2. The summed E-state index contributed by atoms with van der Waals surface area (Å²) in [5.74, 6) is 1.08. The molecule has 0 radical (unpaired) electrons. The Labute approximate surface area is 132 Å². The van der Waals surface area contributed by atoms with Crippen molar-refractivity contribution < 1.29 is 19.2 Å². The third-order valence-corrected chi connectivity index (χ3v) is 3.78. The first-order chi connectivity index (χ1) is 11.2. The van der Waals surface area contributed by atoms with E-state index >= 15 is 0 Å². The van der Waals surface area contributed by atoms with Gasteiger partial charge in [-0.3, -0.25) is 9.63 Å². The number of carbonyl (C=O) groups is 1. The Morgan fingerprint density at radius 3 is 2.87 bits per heavy atom. The highest BCUT2D eigenvalue weighted by atomic mass is 16.6. The van der Waals surface area contributed by atoms with Gasteiger partial charge < -0.3 is 9.72 Å². The summed E-state index contributed by atoms with van der Waals surface area (Å²) >= 11 is 0. The summed E-state index contributed by atoms with van der Waals surface area (Å²) in [5.41, 5.74) is 4.71. The summed E-state index contributed by atoms with van der Waals surface area (Å²) in [7, 11) is 1.33. The molecule has 0 saturated carbocycles. The van der Waals surface area contributed by atoms with Gasteiger partial charge in [0, 0.05) is 16.8 Å². The molecular weight excluding hydrogens is 296 g/mol. The van der Waals surface area contributed by atoms with Crippen molar-refractivity contribution in [2.45, 2.75) is 19.4 Å². The quantitative estimate of drug-likeness (QED) is 0.669. The van der Waals surface area contributed by atoms with E-state index in [0.29, 0.717) is 12.0 Å². The predicted molar refractivity (Wildman–Crippen MR) is 84.7 cm³/mol. The zero-order valence-electron chi connectivity index (χ0n) is 12.8. The Balaban J connectivity index is 2.21. The summed E-state index contributed by atoms with van der Waals surface area (Å²) in [6.45, 7) is 1.92. The maximum Gasteiger partial charge on any atom is 0.279 e. The van der Waals surface area contributed by atoms with Crippen LogP contribution in [0.4, 0.5) is 0 Å². The molecule has 1 aromatic carbocycles. The number of hydroxylamine groups is 1. The molecule has 0 bridgehead atoms. The lowest BCUT2D eigenvalue weighted by Crippen LogP contribution is -2.24. The van der Waals surface area contributed by atoms with Crippen LogP contribution >= 0.6 is 0 Å². The summed E-state index contributed by atoms with van der Waals surface area (Å²) in [4.78, 5) is 31.4. The molecule has 1 unspecified atom stereocenters. The zero-order chi connectivity index (χ0) is 16.4. The highest BCUT2D eigenvalue weighted by molar-refractivity contribution is 6.08. The standard InChI is InChI=1S/C17H16N2O4/c1-3-13-15(12-8-10-6-4-5-7-11(10)18-12)16(14(9-20)23-13)17(21)19-22-2/h4-8,13,18H,3H2,1-2H3,(H,19,21). The van der Waals surface area contributed by atoms with Crippen LogP contribution in [-0.4, -0.2) is 30.0 Å². The highest BCUT2D eigenvalue weighted by Crippen LogP contribution is 2.38. The van der Waals surface area contributed by atoms with E-state index in [-0.39, 0.29) is 11.3 Å². The summed E-state index contributed by atoms with van der Waals surface area (Å²) in [5, 5.41) is 1.01. The molecule has 2 heterocycles. The van der Waals surface area contributed by atoms with Gasteiger partial charge in [0.2, 0.25) is 5.76 Å². The number of para-hydroxylation sites is 1. The molecule has 1 aliphatic rings. The number of nitrogens with one attached hydrogen (secondary N) is 2. The third-order valence-electron chi connectivity index (χ3n) is 3.78. The van der Waals surface area contributed by atoms with Crippen molar-refractivity contribution in [1.82, 2.24) is 10.5 Å². The van der Waals surface area contributed by atoms with Crippen molar-refractivity contribution in [3.63, 3.8) is 0 Å². The number of fused-ring (bicyclic) bond motifs is 1. The second-order valence-corrected chi connectivity index (χ2v) is 5.14. The minimum atomic E-state index is -0.532. The number of hydrogen-bond donors (Lipinski definition) is 2. The number of hydrogen-bond acceptors (Lipinski definition) is 4. The fourth-order valence-corrected chi connectivity index (χ4v) is 2.80. The van der Waals surface area contributed by atoms with Gasteiger partial charge in [-0.15, -0.1) is 0 Å². The van der Waals surface area contributed by atoms with Gasteiger partial charge in [-0.2, -0.15) is 0 Å². The molecule has 1 aromatic heterocycles. The smallest absolute Gasteiger partial charge is 0.279 e. The van der Waals surface area contributed by atoms with Crippen LogP contribution in [0.15, 0.2) is 41.7 Å². The van der Waals surface area contributed by atoms with Crippen LogP contribution in [0.3, 0.4) is 0 Å². The van der Waals surface area contributed by atoms with Crippen LogP contribution in [0.5, 0.6) is 0 Å². The molecule has 0 aliphatic carbocycles. The summed E-state index contributed by atoms with van der Waals surface area (Å²) < 4.78 is 5.59. The van der Waals surface area contributed by atoms with Crippen molar-refractivity contribution in [3.05, 3.63) is 47.4 Å². The number of H-pyrrole nitrogens is 1. The fraction of sp³-hybridized carbons (Fsp3) is 0.235. The molecule has 1 amide bonds. The monoisotopic (exact) mass is 312 g/mol. The van der Waals surface area contributed by atoms with Gasteiger partial charge in [-0.1, -0.05) is 25.1 Å². The maximum absolute atomic E-state index is 12.3. The molecule has 2 aromatic rings. The molecule has 0 saturated heterocycles. The number of rotatable bonds is 4. The van der Waals surface area contributed by atoms with Crippen LogP contribution in [-0.2, 0) is 19.2 Å². The molecule has 23 heavy (non-hydrogen) atoms. The van der Waals surface area contributed by atoms with Crippen LogP contribution < -0.4 is 5.48 Å².